The van der Waals surface area contributed by atoms with Gasteiger partial charge in [-0.1, -0.05) is 11.6 Å². The lowest BCUT2D eigenvalue weighted by Gasteiger charge is -2.35. The maximum atomic E-state index is 12.1. The summed E-state index contributed by atoms with van der Waals surface area (Å²) in [6, 6.07) is 10.6. The number of hydrogen-bond donors (Lipinski definition) is 1. The van der Waals surface area contributed by atoms with Crippen molar-refractivity contribution in [3.05, 3.63) is 63.6 Å². The van der Waals surface area contributed by atoms with Crippen molar-refractivity contribution in [1.82, 2.24) is 9.88 Å². The number of nitrogens with one attached hydrogen (secondary N) is 1. The van der Waals surface area contributed by atoms with Crippen molar-refractivity contribution in [2.45, 2.75) is 13.5 Å². The summed E-state index contributed by atoms with van der Waals surface area (Å²) in [4.78, 5) is 32.7. The van der Waals surface area contributed by atoms with Crippen molar-refractivity contribution in [3.63, 3.8) is 0 Å². The van der Waals surface area contributed by atoms with E-state index in [1.807, 2.05) is 18.2 Å². The van der Waals surface area contributed by atoms with E-state index in [-0.39, 0.29) is 6.61 Å². The maximum absolute atomic E-state index is 12.1. The summed E-state index contributed by atoms with van der Waals surface area (Å²) in [6.07, 6.45) is 1.11. The monoisotopic (exact) mass is 442 g/mol. The first-order valence-electron chi connectivity index (χ1n) is 10.1. The molecule has 4 rings (SSSR count). The quantitative estimate of drug-likeness (QED) is 0.602. The molecule has 1 aliphatic heterocycles. The molecule has 1 aromatic carbocycles. The van der Waals surface area contributed by atoms with E-state index in [1.54, 1.807) is 25.3 Å². The molecule has 0 spiro atoms. The molecule has 2 aromatic heterocycles. The molecular weight excluding hydrogens is 420 g/mol. The van der Waals surface area contributed by atoms with Crippen molar-refractivity contribution in [2.75, 3.05) is 43.0 Å². The summed E-state index contributed by atoms with van der Waals surface area (Å²) in [5, 5.41) is 4.09. The minimum Gasteiger partial charge on any atom is -0.450 e. The minimum atomic E-state index is -0.548. The Kier molecular flexibility index (Phi) is 6.39. The van der Waals surface area contributed by atoms with Gasteiger partial charge >= 0.3 is 11.7 Å². The minimum absolute atomic E-state index is 0.278. The van der Waals surface area contributed by atoms with Crippen LogP contribution in [0.15, 0.2) is 51.8 Å². The molecule has 1 aliphatic rings. The average molecular weight is 443 g/mol. The van der Waals surface area contributed by atoms with Crippen LogP contribution in [0.2, 0.25) is 5.02 Å². The highest BCUT2D eigenvalue weighted by molar-refractivity contribution is 6.30. The predicted octanol–water partition coefficient (Wildman–Crippen LogP) is 3.73. The zero-order valence-corrected chi connectivity index (χ0v) is 17.9. The second-order valence-corrected chi connectivity index (χ2v) is 7.68. The molecule has 0 bridgehead atoms. The van der Waals surface area contributed by atoms with Crippen LogP contribution in [0.3, 0.4) is 0 Å². The van der Waals surface area contributed by atoms with Gasteiger partial charge in [-0.2, -0.15) is 0 Å². The highest BCUT2D eigenvalue weighted by Gasteiger charge is 2.19. The number of anilines is 2. The van der Waals surface area contributed by atoms with Crippen LogP contribution >= 0.6 is 11.6 Å². The van der Waals surface area contributed by atoms with Gasteiger partial charge in [-0.25, -0.2) is 14.6 Å². The van der Waals surface area contributed by atoms with Gasteiger partial charge in [-0.3, -0.25) is 10.2 Å². The molecule has 8 nitrogen and oxygen atoms in total. The van der Waals surface area contributed by atoms with E-state index in [4.69, 9.17) is 20.8 Å². The number of ether oxygens (including phenoxy) is 1. The topological polar surface area (TPSA) is 87.9 Å². The number of amides is 1. The number of rotatable bonds is 5. The summed E-state index contributed by atoms with van der Waals surface area (Å²) in [7, 11) is 0. The number of benzene rings is 1. The average Bonchev–Trinajstić information content (AvgIpc) is 2.75. The summed E-state index contributed by atoms with van der Waals surface area (Å²) < 4.78 is 10.3. The molecule has 0 atom stereocenters. The van der Waals surface area contributed by atoms with Gasteiger partial charge in [0.1, 0.15) is 11.4 Å². The summed E-state index contributed by atoms with van der Waals surface area (Å²) in [5.41, 5.74) is 1.42. The van der Waals surface area contributed by atoms with Gasteiger partial charge in [0.25, 0.3) is 0 Å². The Labute approximate surface area is 184 Å². The number of carbonyl (C=O) groups excluding carboxylic acids is 1. The molecule has 31 heavy (non-hydrogen) atoms. The Bertz CT molecular complexity index is 1120. The Morgan fingerprint density at radius 1 is 1.19 bits per heavy atom. The van der Waals surface area contributed by atoms with Crippen molar-refractivity contribution in [3.8, 4) is 0 Å². The maximum Gasteiger partial charge on any atom is 0.411 e. The van der Waals surface area contributed by atoms with Crippen molar-refractivity contribution >= 4 is 40.2 Å². The molecule has 1 fully saturated rings. The number of hydrogen-bond acceptors (Lipinski definition) is 7. The van der Waals surface area contributed by atoms with Crippen LogP contribution in [0.5, 0.6) is 0 Å². The van der Waals surface area contributed by atoms with Crippen LogP contribution in [0, 0.1) is 0 Å². The van der Waals surface area contributed by atoms with Crippen molar-refractivity contribution in [2.24, 2.45) is 0 Å². The highest BCUT2D eigenvalue weighted by atomic mass is 35.5. The smallest absolute Gasteiger partial charge is 0.411 e. The Hall–Kier alpha value is -3.10. The first-order valence-corrected chi connectivity index (χ1v) is 10.5. The molecular formula is C22H23ClN4O4. The lowest BCUT2D eigenvalue weighted by molar-refractivity contribution is 0.168. The number of halogens is 1. The molecule has 3 aromatic rings. The number of pyridine rings is 1. The fourth-order valence-corrected chi connectivity index (χ4v) is 3.77. The highest BCUT2D eigenvalue weighted by Crippen LogP contribution is 2.23. The van der Waals surface area contributed by atoms with Gasteiger partial charge in [0, 0.05) is 62.1 Å². The number of carbonyl (C=O) groups is 1. The number of piperazine rings is 1. The zero-order chi connectivity index (χ0) is 21.8. The van der Waals surface area contributed by atoms with Gasteiger partial charge in [-0.05, 0) is 36.8 Å². The third-order valence-electron chi connectivity index (χ3n) is 5.15. The number of aromatic nitrogens is 1. The third kappa shape index (κ3) is 5.15. The van der Waals surface area contributed by atoms with E-state index in [0.29, 0.717) is 22.8 Å². The van der Waals surface area contributed by atoms with Gasteiger partial charge < -0.3 is 14.1 Å². The molecule has 162 valence electrons. The van der Waals surface area contributed by atoms with Crippen LogP contribution in [0.1, 0.15) is 12.5 Å². The van der Waals surface area contributed by atoms with Crippen molar-refractivity contribution < 1.29 is 13.9 Å². The van der Waals surface area contributed by atoms with Crippen LogP contribution in [-0.4, -0.2) is 48.8 Å². The second kappa shape index (κ2) is 9.36. The third-order valence-corrected chi connectivity index (χ3v) is 5.38. The lowest BCUT2D eigenvalue weighted by Crippen LogP contribution is -2.46. The second-order valence-electron chi connectivity index (χ2n) is 7.24. The molecule has 0 aliphatic carbocycles. The Morgan fingerprint density at radius 2 is 2.00 bits per heavy atom. The fraction of sp³-hybridized carbons (Fsp3) is 0.318. The van der Waals surface area contributed by atoms with Crippen LogP contribution in [-0.2, 0) is 11.3 Å². The first kappa shape index (κ1) is 21.1. The normalized spacial score (nSPS) is 14.6. The zero-order valence-electron chi connectivity index (χ0n) is 17.1. The van der Waals surface area contributed by atoms with E-state index in [2.05, 4.69) is 20.1 Å². The molecule has 1 N–H and O–H groups in total. The van der Waals surface area contributed by atoms with E-state index >= 15 is 0 Å². The fourth-order valence-electron chi connectivity index (χ4n) is 3.65. The van der Waals surface area contributed by atoms with Crippen LogP contribution in [0.25, 0.3) is 11.0 Å². The van der Waals surface area contributed by atoms with Crippen LogP contribution < -0.4 is 15.8 Å². The predicted molar refractivity (Wildman–Crippen MR) is 120 cm³/mol. The van der Waals surface area contributed by atoms with Gasteiger partial charge in [0.2, 0.25) is 0 Å². The SMILES string of the molecule is CCOC(=O)Nc1ccc2c(CN3CCN(c4ccc(Cl)cn4)CC3)cc(=O)oc2c1. The summed E-state index contributed by atoms with van der Waals surface area (Å²) in [5.74, 6) is 0.913. The molecule has 1 amide bonds. The van der Waals surface area contributed by atoms with E-state index in [9.17, 15) is 9.59 Å². The van der Waals surface area contributed by atoms with Crippen molar-refractivity contribution in [1.29, 1.82) is 0 Å². The van der Waals surface area contributed by atoms with Crippen LogP contribution in [0.4, 0.5) is 16.3 Å². The molecule has 1 saturated heterocycles. The number of fused-ring (bicyclic) bond motifs is 1. The molecule has 9 heteroatoms. The van der Waals surface area contributed by atoms with E-state index < -0.39 is 11.7 Å². The molecule has 3 heterocycles. The first-order chi connectivity index (χ1) is 15.0. The molecule has 0 unspecified atom stereocenters. The molecule has 0 saturated carbocycles. The van der Waals surface area contributed by atoms with E-state index in [0.717, 1.165) is 42.9 Å². The van der Waals surface area contributed by atoms with E-state index in [1.165, 1.54) is 6.07 Å². The van der Waals surface area contributed by atoms with Gasteiger partial charge in [0.05, 0.1) is 11.6 Å². The lowest BCUT2D eigenvalue weighted by atomic mass is 10.1. The van der Waals surface area contributed by atoms with Gasteiger partial charge in [-0.15, -0.1) is 0 Å². The Morgan fingerprint density at radius 3 is 2.71 bits per heavy atom. The standard InChI is InChI=1S/C22H23ClN4O4/c1-2-30-22(29)25-17-4-5-18-15(11-21(28)31-19(18)12-17)14-26-7-9-27(10-8-26)20-6-3-16(23)13-24-20/h3-6,11-13H,2,7-10,14H2,1H3,(H,25,29). The summed E-state index contributed by atoms with van der Waals surface area (Å²) >= 11 is 5.92. The van der Waals surface area contributed by atoms with Gasteiger partial charge in [0.15, 0.2) is 0 Å². The molecule has 0 radical (unpaired) electrons. The number of nitrogens with zero attached hydrogens (tertiary/aromatic N) is 3. The largest absolute Gasteiger partial charge is 0.450 e. The summed E-state index contributed by atoms with van der Waals surface area (Å²) in [6.45, 7) is 6.00. The Balaban J connectivity index is 1.46.